The Morgan fingerprint density at radius 3 is 2.48 bits per heavy atom. The van der Waals surface area contributed by atoms with Crippen molar-refractivity contribution in [3.05, 3.63) is 69.3 Å². The predicted molar refractivity (Wildman–Crippen MR) is 105 cm³/mol. The third kappa shape index (κ3) is 4.88. The molecule has 0 aliphatic carbocycles. The lowest BCUT2D eigenvalue weighted by Crippen LogP contribution is -2.38. The Morgan fingerprint density at radius 2 is 1.86 bits per heavy atom. The molecule has 1 amide bonds. The molecule has 0 spiro atoms. The van der Waals surface area contributed by atoms with Crippen molar-refractivity contribution >= 4 is 23.3 Å². The van der Waals surface area contributed by atoms with Gasteiger partial charge in [0.25, 0.3) is 11.6 Å². The number of non-ortho nitro benzene ring substituents is 1. The number of morpholine rings is 1. The molecule has 9 heteroatoms. The van der Waals surface area contributed by atoms with Crippen LogP contribution in [0.5, 0.6) is 0 Å². The van der Waals surface area contributed by atoms with Crippen LogP contribution in [0, 0.1) is 10.1 Å². The lowest BCUT2D eigenvalue weighted by Gasteiger charge is -2.30. The number of nitrogens with zero attached hydrogens (tertiary/aromatic N) is 2. The lowest BCUT2D eigenvalue weighted by molar-refractivity contribution is -0.384. The lowest BCUT2D eigenvalue weighted by atomic mass is 10.1. The molecule has 1 heterocycles. The van der Waals surface area contributed by atoms with Gasteiger partial charge in [-0.15, -0.1) is 0 Å². The van der Waals surface area contributed by atoms with Crippen LogP contribution in [0.3, 0.4) is 0 Å². The summed E-state index contributed by atoms with van der Waals surface area (Å²) in [6, 6.07) is 10.9. The molecule has 1 aliphatic rings. The molecule has 29 heavy (non-hydrogen) atoms. The van der Waals surface area contributed by atoms with E-state index in [1.807, 2.05) is 4.90 Å². The van der Waals surface area contributed by atoms with Crippen LogP contribution >= 0.6 is 0 Å². The first-order valence-electron chi connectivity index (χ1n) is 9.06. The quantitative estimate of drug-likeness (QED) is 0.450. The fourth-order valence-corrected chi connectivity index (χ4v) is 3.05. The second-order valence-electron chi connectivity index (χ2n) is 6.43. The molecule has 0 radical (unpaired) electrons. The monoisotopic (exact) mass is 399 g/mol. The highest BCUT2D eigenvalue weighted by molar-refractivity contribution is 6.00. The van der Waals surface area contributed by atoms with E-state index in [1.165, 1.54) is 19.2 Å². The third-order valence-electron chi connectivity index (χ3n) is 4.62. The minimum atomic E-state index is -0.522. The van der Waals surface area contributed by atoms with Crippen LogP contribution in [-0.4, -0.2) is 50.2 Å². The van der Waals surface area contributed by atoms with Crippen LogP contribution in [0.15, 0.2) is 42.5 Å². The molecule has 152 valence electrons. The van der Waals surface area contributed by atoms with Gasteiger partial charge in [-0.05, 0) is 23.8 Å². The van der Waals surface area contributed by atoms with Crippen LogP contribution in [-0.2, 0) is 16.0 Å². The Bertz CT molecular complexity index is 907. The highest BCUT2D eigenvalue weighted by Crippen LogP contribution is 2.26. The number of rotatable bonds is 6. The van der Waals surface area contributed by atoms with Gasteiger partial charge in [-0.1, -0.05) is 12.1 Å². The van der Waals surface area contributed by atoms with Gasteiger partial charge < -0.3 is 19.7 Å². The minimum Gasteiger partial charge on any atom is -0.465 e. The number of anilines is 1. The number of nitro benzene ring substituents is 1. The molecular formula is C20H21N3O6. The number of nitro groups is 1. The van der Waals surface area contributed by atoms with E-state index in [4.69, 9.17) is 4.74 Å². The van der Waals surface area contributed by atoms with Crippen LogP contribution in [0.25, 0.3) is 0 Å². The number of carbonyl (C=O) groups is 2. The number of carbonyl (C=O) groups excluding carboxylic acids is 2. The average Bonchev–Trinajstić information content (AvgIpc) is 2.77. The number of methoxy groups -OCH3 is 1. The fraction of sp³-hybridized carbons (Fsp3) is 0.300. The second kappa shape index (κ2) is 9.16. The normalized spacial score (nSPS) is 13.6. The number of ether oxygens (including phenoxy) is 2. The van der Waals surface area contributed by atoms with Gasteiger partial charge in [0.05, 0.1) is 42.1 Å². The first-order valence-corrected chi connectivity index (χ1v) is 9.06. The largest absolute Gasteiger partial charge is 0.465 e. The molecule has 0 saturated carbocycles. The van der Waals surface area contributed by atoms with Crippen molar-refractivity contribution in [1.82, 2.24) is 5.32 Å². The summed E-state index contributed by atoms with van der Waals surface area (Å²) in [5.74, 6) is -0.848. The van der Waals surface area contributed by atoms with Gasteiger partial charge >= 0.3 is 5.97 Å². The topological polar surface area (TPSA) is 111 Å². The smallest absolute Gasteiger partial charge is 0.337 e. The van der Waals surface area contributed by atoms with Gasteiger partial charge in [0.2, 0.25) is 0 Å². The summed E-state index contributed by atoms with van der Waals surface area (Å²) in [5, 5.41) is 13.9. The molecule has 9 nitrogen and oxygen atoms in total. The summed E-state index contributed by atoms with van der Waals surface area (Å²) < 4.78 is 10.00. The number of nitrogens with one attached hydrogen (secondary N) is 1. The summed E-state index contributed by atoms with van der Waals surface area (Å²) >= 11 is 0. The zero-order chi connectivity index (χ0) is 20.8. The number of esters is 1. The van der Waals surface area contributed by atoms with E-state index in [0.29, 0.717) is 37.6 Å². The number of amides is 1. The van der Waals surface area contributed by atoms with Gasteiger partial charge in [-0.25, -0.2) is 4.79 Å². The molecule has 1 aliphatic heterocycles. The van der Waals surface area contributed by atoms with Gasteiger partial charge in [-0.2, -0.15) is 0 Å². The fourth-order valence-electron chi connectivity index (χ4n) is 3.05. The molecular weight excluding hydrogens is 378 g/mol. The summed E-state index contributed by atoms with van der Waals surface area (Å²) in [7, 11) is 1.31. The number of benzene rings is 2. The SMILES string of the molecule is COC(=O)c1ccc(CNC(=O)c2cc([N+](=O)[O-])ccc2N2CCOCC2)cc1. The van der Waals surface area contributed by atoms with Crippen molar-refractivity contribution in [2.45, 2.75) is 6.54 Å². The Labute approximate surface area is 167 Å². The molecule has 0 unspecified atom stereocenters. The van der Waals surface area contributed by atoms with E-state index in [-0.39, 0.29) is 17.8 Å². The average molecular weight is 399 g/mol. The molecule has 1 N–H and O–H groups in total. The van der Waals surface area contributed by atoms with Crippen molar-refractivity contribution < 1.29 is 24.0 Å². The van der Waals surface area contributed by atoms with Crippen molar-refractivity contribution in [3.63, 3.8) is 0 Å². The summed E-state index contributed by atoms with van der Waals surface area (Å²) in [5.41, 5.74) is 1.93. The first kappa shape index (κ1) is 20.3. The molecule has 3 rings (SSSR count). The Kier molecular flexibility index (Phi) is 6.40. The maximum atomic E-state index is 12.8. The van der Waals surface area contributed by atoms with Crippen molar-refractivity contribution in [2.24, 2.45) is 0 Å². The van der Waals surface area contributed by atoms with E-state index < -0.39 is 16.8 Å². The Balaban J connectivity index is 1.77. The van der Waals surface area contributed by atoms with E-state index in [9.17, 15) is 19.7 Å². The van der Waals surface area contributed by atoms with Gasteiger partial charge in [0, 0.05) is 31.8 Å². The van der Waals surface area contributed by atoms with Gasteiger partial charge in [0.1, 0.15) is 0 Å². The Hall–Kier alpha value is -3.46. The number of hydrogen-bond acceptors (Lipinski definition) is 7. The second-order valence-corrected chi connectivity index (χ2v) is 6.43. The highest BCUT2D eigenvalue weighted by atomic mass is 16.6. The van der Waals surface area contributed by atoms with Gasteiger partial charge in [0.15, 0.2) is 0 Å². The molecule has 0 bridgehead atoms. The molecule has 2 aromatic carbocycles. The zero-order valence-electron chi connectivity index (χ0n) is 15.9. The molecule has 1 saturated heterocycles. The highest BCUT2D eigenvalue weighted by Gasteiger charge is 2.22. The third-order valence-corrected chi connectivity index (χ3v) is 4.62. The van der Waals surface area contributed by atoms with Crippen LogP contribution in [0.1, 0.15) is 26.3 Å². The van der Waals surface area contributed by atoms with Crippen molar-refractivity contribution in [3.8, 4) is 0 Å². The minimum absolute atomic E-state index is 0.144. The summed E-state index contributed by atoms with van der Waals surface area (Å²) in [4.78, 5) is 36.9. The molecule has 1 fully saturated rings. The van der Waals surface area contributed by atoms with Crippen LogP contribution < -0.4 is 10.2 Å². The maximum Gasteiger partial charge on any atom is 0.337 e. The summed E-state index contributed by atoms with van der Waals surface area (Å²) in [6.07, 6.45) is 0. The zero-order valence-corrected chi connectivity index (χ0v) is 15.9. The van der Waals surface area contributed by atoms with Crippen LogP contribution in [0.2, 0.25) is 0 Å². The van der Waals surface area contributed by atoms with Crippen LogP contribution in [0.4, 0.5) is 11.4 Å². The molecule has 0 atom stereocenters. The summed E-state index contributed by atoms with van der Waals surface area (Å²) in [6.45, 7) is 2.49. The van der Waals surface area contributed by atoms with E-state index in [0.717, 1.165) is 5.56 Å². The number of hydrogen-bond donors (Lipinski definition) is 1. The van der Waals surface area contributed by atoms with Gasteiger partial charge in [-0.3, -0.25) is 14.9 Å². The van der Waals surface area contributed by atoms with Crippen molar-refractivity contribution in [1.29, 1.82) is 0 Å². The molecule has 0 aromatic heterocycles. The van der Waals surface area contributed by atoms with E-state index in [2.05, 4.69) is 10.1 Å². The van der Waals surface area contributed by atoms with Crippen molar-refractivity contribution in [2.75, 3.05) is 38.3 Å². The maximum absolute atomic E-state index is 12.8. The first-order chi connectivity index (χ1) is 14.0. The Morgan fingerprint density at radius 1 is 1.17 bits per heavy atom. The standard InChI is InChI=1S/C20H21N3O6/c1-28-20(25)15-4-2-14(3-5-15)13-21-19(24)17-12-16(23(26)27)6-7-18(17)22-8-10-29-11-9-22/h2-7,12H,8-11,13H2,1H3,(H,21,24). The predicted octanol–water partition coefficient (Wildman–Crippen LogP) is 2.15. The van der Waals surface area contributed by atoms with E-state index >= 15 is 0 Å². The van der Waals surface area contributed by atoms with E-state index in [1.54, 1.807) is 30.3 Å². The molecule has 2 aromatic rings.